The highest BCUT2D eigenvalue weighted by Crippen LogP contribution is 2.37. The van der Waals surface area contributed by atoms with Crippen molar-refractivity contribution < 1.29 is 19.1 Å². The first-order valence-electron chi connectivity index (χ1n) is 9.49. The molecule has 0 bridgehead atoms. The van der Waals surface area contributed by atoms with E-state index >= 15 is 0 Å². The topological polar surface area (TPSA) is 55.8 Å². The number of rotatable bonds is 6. The van der Waals surface area contributed by atoms with Crippen molar-refractivity contribution in [3.63, 3.8) is 0 Å². The number of ether oxygens (including phenoxy) is 2. The second-order valence-electron chi connectivity index (χ2n) is 6.47. The molecule has 0 saturated heterocycles. The monoisotopic (exact) mass is 445 g/mol. The van der Waals surface area contributed by atoms with Gasteiger partial charge in [0.15, 0.2) is 0 Å². The quantitative estimate of drug-likeness (QED) is 0.425. The van der Waals surface area contributed by atoms with E-state index in [-0.39, 0.29) is 23.7 Å². The van der Waals surface area contributed by atoms with Crippen LogP contribution in [0.4, 0.5) is 5.69 Å². The highest BCUT2D eigenvalue weighted by Gasteiger charge is 2.38. The molecule has 0 radical (unpaired) electrons. The average molecular weight is 446 g/mol. The first kappa shape index (κ1) is 21.9. The molecule has 30 heavy (non-hydrogen) atoms. The molecule has 1 amide bonds. The fourth-order valence-corrected chi connectivity index (χ4v) is 3.69. The van der Waals surface area contributed by atoms with Crippen LogP contribution < -0.4 is 9.64 Å². The number of carbonyl (C=O) groups is 2. The SMILES string of the molecule is CCOC(=O)C1=C(C)N(c2ccc(OCC)cc2)C(=O)/C1=C\c1ccc(Cl)cc1Cl. The Morgan fingerprint density at radius 3 is 2.37 bits per heavy atom. The minimum Gasteiger partial charge on any atom is -0.494 e. The summed E-state index contributed by atoms with van der Waals surface area (Å²) in [5, 5.41) is 0.858. The van der Waals surface area contributed by atoms with Crippen molar-refractivity contribution in [2.75, 3.05) is 18.1 Å². The Hall–Kier alpha value is -2.76. The smallest absolute Gasteiger partial charge is 0.340 e. The van der Waals surface area contributed by atoms with Crippen LogP contribution >= 0.6 is 23.2 Å². The van der Waals surface area contributed by atoms with Crippen molar-refractivity contribution in [3.8, 4) is 5.75 Å². The zero-order valence-corrected chi connectivity index (χ0v) is 18.4. The molecule has 0 N–H and O–H groups in total. The van der Waals surface area contributed by atoms with Gasteiger partial charge < -0.3 is 9.47 Å². The second kappa shape index (κ2) is 9.37. The fourth-order valence-electron chi connectivity index (χ4n) is 3.22. The lowest BCUT2D eigenvalue weighted by Gasteiger charge is -2.18. The van der Waals surface area contributed by atoms with E-state index in [2.05, 4.69) is 0 Å². The standard InChI is InChI=1S/C23H21Cl2NO4/c1-4-29-18-10-8-17(9-11-18)26-14(3)21(23(28)30-5-2)19(22(26)27)12-15-6-7-16(24)13-20(15)25/h6-13H,4-5H2,1-3H3/b19-12-. The lowest BCUT2D eigenvalue weighted by Crippen LogP contribution is -2.24. The molecular formula is C23H21Cl2NO4. The van der Waals surface area contributed by atoms with E-state index in [1.54, 1.807) is 62.4 Å². The Labute approximate surface area is 185 Å². The summed E-state index contributed by atoms with van der Waals surface area (Å²) in [5.41, 5.74) is 2.10. The number of allylic oxidation sites excluding steroid dienone is 1. The Morgan fingerprint density at radius 1 is 1.07 bits per heavy atom. The minimum atomic E-state index is -0.562. The van der Waals surface area contributed by atoms with Crippen molar-refractivity contribution in [1.29, 1.82) is 0 Å². The van der Waals surface area contributed by atoms with Gasteiger partial charge in [-0.3, -0.25) is 9.69 Å². The maximum atomic E-state index is 13.3. The summed E-state index contributed by atoms with van der Waals surface area (Å²) in [4.78, 5) is 27.5. The molecule has 5 nitrogen and oxygen atoms in total. The van der Waals surface area contributed by atoms with Gasteiger partial charge in [0.1, 0.15) is 5.75 Å². The van der Waals surface area contributed by atoms with Gasteiger partial charge in [0, 0.05) is 21.4 Å². The van der Waals surface area contributed by atoms with Crippen molar-refractivity contribution >= 4 is 46.8 Å². The van der Waals surface area contributed by atoms with Crippen molar-refractivity contribution in [1.82, 2.24) is 0 Å². The highest BCUT2D eigenvalue weighted by molar-refractivity contribution is 6.36. The molecule has 0 aliphatic carbocycles. The van der Waals surface area contributed by atoms with E-state index in [1.807, 2.05) is 6.92 Å². The molecular weight excluding hydrogens is 425 g/mol. The summed E-state index contributed by atoms with van der Waals surface area (Å²) in [6.07, 6.45) is 1.59. The van der Waals surface area contributed by atoms with Gasteiger partial charge >= 0.3 is 5.97 Å². The first-order chi connectivity index (χ1) is 14.4. The van der Waals surface area contributed by atoms with Crippen molar-refractivity contribution in [2.45, 2.75) is 20.8 Å². The van der Waals surface area contributed by atoms with Gasteiger partial charge in [-0.1, -0.05) is 29.3 Å². The average Bonchev–Trinajstić information content (AvgIpc) is 2.95. The third kappa shape index (κ3) is 4.37. The summed E-state index contributed by atoms with van der Waals surface area (Å²) in [6.45, 7) is 6.07. The molecule has 0 aromatic heterocycles. The Kier molecular flexibility index (Phi) is 6.85. The summed E-state index contributed by atoms with van der Waals surface area (Å²) < 4.78 is 10.7. The van der Waals surface area contributed by atoms with E-state index in [0.29, 0.717) is 39.3 Å². The summed E-state index contributed by atoms with van der Waals surface area (Å²) in [6, 6.07) is 12.1. The third-order valence-corrected chi connectivity index (χ3v) is 5.11. The number of esters is 1. The maximum absolute atomic E-state index is 13.3. The maximum Gasteiger partial charge on any atom is 0.340 e. The van der Waals surface area contributed by atoms with Crippen LogP contribution in [-0.2, 0) is 14.3 Å². The molecule has 2 aromatic rings. The fraction of sp³-hybridized carbons (Fsp3) is 0.217. The number of carbonyl (C=O) groups excluding carboxylic acids is 2. The number of benzene rings is 2. The van der Waals surface area contributed by atoms with E-state index < -0.39 is 5.97 Å². The molecule has 1 aliphatic heterocycles. The Bertz CT molecular complexity index is 1040. The van der Waals surface area contributed by atoms with Gasteiger partial charge in [-0.25, -0.2) is 4.79 Å². The summed E-state index contributed by atoms with van der Waals surface area (Å²) >= 11 is 12.3. The molecule has 0 atom stereocenters. The van der Waals surface area contributed by atoms with Gasteiger partial charge in [-0.05, 0) is 68.8 Å². The van der Waals surface area contributed by atoms with Crippen LogP contribution in [0.15, 0.2) is 59.3 Å². The minimum absolute atomic E-state index is 0.196. The van der Waals surface area contributed by atoms with Crippen molar-refractivity contribution in [3.05, 3.63) is 74.9 Å². The molecule has 0 saturated carbocycles. The molecule has 0 unspecified atom stereocenters. The lowest BCUT2D eigenvalue weighted by atomic mass is 10.0. The van der Waals surface area contributed by atoms with Crippen LogP contribution in [-0.4, -0.2) is 25.1 Å². The number of hydrogen-bond acceptors (Lipinski definition) is 4. The molecule has 0 spiro atoms. The number of halogens is 2. The zero-order chi connectivity index (χ0) is 21.8. The highest BCUT2D eigenvalue weighted by atomic mass is 35.5. The van der Waals surface area contributed by atoms with Crippen LogP contribution in [0.25, 0.3) is 6.08 Å². The largest absolute Gasteiger partial charge is 0.494 e. The van der Waals surface area contributed by atoms with Gasteiger partial charge in [0.25, 0.3) is 5.91 Å². The predicted molar refractivity (Wildman–Crippen MR) is 119 cm³/mol. The van der Waals surface area contributed by atoms with E-state index in [9.17, 15) is 9.59 Å². The van der Waals surface area contributed by atoms with E-state index in [0.717, 1.165) is 0 Å². The first-order valence-corrected chi connectivity index (χ1v) is 10.2. The molecule has 3 rings (SSSR count). The molecule has 0 fully saturated rings. The third-order valence-electron chi connectivity index (χ3n) is 4.55. The summed E-state index contributed by atoms with van der Waals surface area (Å²) in [7, 11) is 0. The van der Waals surface area contributed by atoms with E-state index in [1.165, 1.54) is 4.90 Å². The lowest BCUT2D eigenvalue weighted by molar-refractivity contribution is -0.138. The normalized spacial score (nSPS) is 15.2. The van der Waals surface area contributed by atoms with Crippen LogP contribution in [0.1, 0.15) is 26.3 Å². The number of amides is 1. The molecule has 156 valence electrons. The summed E-state index contributed by atoms with van der Waals surface area (Å²) in [5.74, 6) is -0.206. The molecule has 1 heterocycles. The van der Waals surface area contributed by atoms with Crippen LogP contribution in [0.3, 0.4) is 0 Å². The molecule has 7 heteroatoms. The van der Waals surface area contributed by atoms with Crippen LogP contribution in [0.5, 0.6) is 5.75 Å². The van der Waals surface area contributed by atoms with Crippen LogP contribution in [0.2, 0.25) is 10.0 Å². The van der Waals surface area contributed by atoms with Gasteiger partial charge in [0.05, 0.1) is 24.4 Å². The molecule has 1 aliphatic rings. The predicted octanol–water partition coefficient (Wildman–Crippen LogP) is 5.66. The van der Waals surface area contributed by atoms with Crippen molar-refractivity contribution in [2.24, 2.45) is 0 Å². The zero-order valence-electron chi connectivity index (χ0n) is 16.9. The van der Waals surface area contributed by atoms with Gasteiger partial charge in [-0.2, -0.15) is 0 Å². The number of hydrogen-bond donors (Lipinski definition) is 0. The van der Waals surface area contributed by atoms with Gasteiger partial charge in [0.2, 0.25) is 0 Å². The Balaban J connectivity index is 2.09. The van der Waals surface area contributed by atoms with Crippen LogP contribution in [0, 0.1) is 0 Å². The molecule has 2 aromatic carbocycles. The number of nitrogens with zero attached hydrogens (tertiary/aromatic N) is 1. The second-order valence-corrected chi connectivity index (χ2v) is 7.32. The van der Waals surface area contributed by atoms with E-state index in [4.69, 9.17) is 32.7 Å². The number of anilines is 1. The Morgan fingerprint density at radius 2 is 1.77 bits per heavy atom. The van der Waals surface area contributed by atoms with Gasteiger partial charge in [-0.15, -0.1) is 0 Å².